The molecule has 1 N–H and O–H groups in total. The van der Waals surface area contributed by atoms with Crippen LogP contribution >= 0.6 is 0 Å². The van der Waals surface area contributed by atoms with Crippen LogP contribution in [0.4, 0.5) is 10.7 Å². The Morgan fingerprint density at radius 2 is 1.96 bits per heavy atom. The van der Waals surface area contributed by atoms with E-state index in [0.29, 0.717) is 31.5 Å². The standard InChI is InChI=1S/C17H20N6O3/c1-3-26-10-9-22-12-14(24)18-17(25)21(2)15(12)23-13(19-20-16(22)23)11-7-5-4-6-8-11/h4-8,12,15H,3,9-10H2,1-2H3,(H,18,24,25). The second-order valence-electron chi connectivity index (χ2n) is 6.21. The molecular formula is C17H20N6O3. The first-order valence-electron chi connectivity index (χ1n) is 8.56. The molecule has 3 heterocycles. The van der Waals surface area contributed by atoms with Crippen molar-refractivity contribution in [3.63, 3.8) is 0 Å². The van der Waals surface area contributed by atoms with E-state index in [0.717, 1.165) is 5.56 Å². The van der Waals surface area contributed by atoms with Crippen molar-refractivity contribution in [2.24, 2.45) is 0 Å². The molecule has 4 rings (SSSR count). The lowest BCUT2D eigenvalue weighted by Crippen LogP contribution is -2.61. The average Bonchev–Trinajstić information content (AvgIpc) is 3.20. The predicted molar refractivity (Wildman–Crippen MR) is 93.4 cm³/mol. The van der Waals surface area contributed by atoms with Gasteiger partial charge in [0, 0.05) is 25.8 Å². The van der Waals surface area contributed by atoms with Gasteiger partial charge >= 0.3 is 6.03 Å². The topological polar surface area (TPSA) is 92.6 Å². The van der Waals surface area contributed by atoms with Crippen LogP contribution in [0, 0.1) is 0 Å². The first kappa shape index (κ1) is 16.5. The van der Waals surface area contributed by atoms with Gasteiger partial charge in [-0.15, -0.1) is 10.2 Å². The van der Waals surface area contributed by atoms with Crippen LogP contribution < -0.4 is 10.2 Å². The zero-order valence-electron chi connectivity index (χ0n) is 14.6. The number of likely N-dealkylation sites (N-methyl/N-ethyl adjacent to an activating group) is 1. The van der Waals surface area contributed by atoms with Crippen molar-refractivity contribution < 1.29 is 14.3 Å². The van der Waals surface area contributed by atoms with E-state index in [9.17, 15) is 9.59 Å². The van der Waals surface area contributed by atoms with Gasteiger partial charge in [-0.1, -0.05) is 30.3 Å². The number of amides is 3. The van der Waals surface area contributed by atoms with Crippen LogP contribution in [0.5, 0.6) is 0 Å². The van der Waals surface area contributed by atoms with Gasteiger partial charge in [0.2, 0.25) is 5.95 Å². The minimum Gasteiger partial charge on any atom is -0.380 e. The third-order valence-corrected chi connectivity index (χ3v) is 4.75. The predicted octanol–water partition coefficient (Wildman–Crippen LogP) is 0.850. The first-order valence-corrected chi connectivity index (χ1v) is 8.56. The third-order valence-electron chi connectivity index (χ3n) is 4.75. The summed E-state index contributed by atoms with van der Waals surface area (Å²) in [6, 6.07) is 8.62. The molecule has 136 valence electrons. The van der Waals surface area contributed by atoms with Gasteiger partial charge < -0.3 is 14.5 Å². The van der Waals surface area contributed by atoms with Crippen molar-refractivity contribution in [1.82, 2.24) is 25.0 Å². The highest BCUT2D eigenvalue weighted by Crippen LogP contribution is 2.40. The monoisotopic (exact) mass is 356 g/mol. The van der Waals surface area contributed by atoms with Crippen molar-refractivity contribution in [2.75, 3.05) is 31.7 Å². The molecule has 1 saturated heterocycles. The Morgan fingerprint density at radius 1 is 1.19 bits per heavy atom. The van der Waals surface area contributed by atoms with Crippen molar-refractivity contribution in [2.45, 2.75) is 19.1 Å². The SMILES string of the molecule is CCOCCN1c2nnc(-c3ccccc3)n2C2C1C(=O)NC(=O)N2C. The number of anilines is 1. The number of urea groups is 1. The molecule has 0 saturated carbocycles. The normalized spacial score (nSPS) is 21.6. The molecule has 1 aromatic heterocycles. The van der Waals surface area contributed by atoms with Crippen LogP contribution in [0.2, 0.25) is 0 Å². The maximum atomic E-state index is 12.6. The molecular weight excluding hydrogens is 336 g/mol. The van der Waals surface area contributed by atoms with E-state index in [1.165, 1.54) is 4.90 Å². The average molecular weight is 356 g/mol. The Balaban J connectivity index is 1.80. The molecule has 1 fully saturated rings. The number of hydrogen-bond donors (Lipinski definition) is 1. The van der Waals surface area contributed by atoms with Gasteiger partial charge in [-0.25, -0.2) is 4.79 Å². The lowest BCUT2D eigenvalue weighted by molar-refractivity contribution is -0.124. The number of benzene rings is 1. The molecule has 0 bridgehead atoms. The van der Waals surface area contributed by atoms with Crippen LogP contribution in [0.3, 0.4) is 0 Å². The highest BCUT2D eigenvalue weighted by molar-refractivity contribution is 6.02. The number of imide groups is 1. The van der Waals surface area contributed by atoms with Crippen LogP contribution in [-0.4, -0.2) is 64.5 Å². The van der Waals surface area contributed by atoms with Crippen molar-refractivity contribution in [3.05, 3.63) is 30.3 Å². The smallest absolute Gasteiger partial charge is 0.325 e. The number of carbonyl (C=O) groups excluding carboxylic acids is 2. The van der Waals surface area contributed by atoms with Gasteiger partial charge in [-0.2, -0.15) is 0 Å². The van der Waals surface area contributed by atoms with E-state index < -0.39 is 18.2 Å². The molecule has 3 amide bonds. The summed E-state index contributed by atoms with van der Waals surface area (Å²) >= 11 is 0. The minimum absolute atomic E-state index is 0.334. The molecule has 0 spiro atoms. The van der Waals surface area contributed by atoms with E-state index in [2.05, 4.69) is 15.5 Å². The number of fused-ring (bicyclic) bond motifs is 3. The van der Waals surface area contributed by atoms with Gasteiger partial charge in [0.05, 0.1) is 6.61 Å². The largest absolute Gasteiger partial charge is 0.380 e. The van der Waals surface area contributed by atoms with Crippen molar-refractivity contribution >= 4 is 17.9 Å². The maximum Gasteiger partial charge on any atom is 0.325 e. The summed E-state index contributed by atoms with van der Waals surface area (Å²) in [4.78, 5) is 28.2. The molecule has 2 aliphatic heterocycles. The molecule has 9 heteroatoms. The fourth-order valence-electron chi connectivity index (χ4n) is 3.53. The number of nitrogens with one attached hydrogen (secondary N) is 1. The zero-order chi connectivity index (χ0) is 18.3. The molecule has 9 nitrogen and oxygen atoms in total. The number of ether oxygens (including phenoxy) is 1. The van der Waals surface area contributed by atoms with Crippen LogP contribution in [0.1, 0.15) is 13.1 Å². The minimum atomic E-state index is -0.564. The van der Waals surface area contributed by atoms with Gasteiger partial charge in [0.1, 0.15) is 6.17 Å². The zero-order valence-corrected chi connectivity index (χ0v) is 14.6. The Hall–Kier alpha value is -2.94. The van der Waals surface area contributed by atoms with Crippen LogP contribution in [0.15, 0.2) is 30.3 Å². The van der Waals surface area contributed by atoms with E-state index >= 15 is 0 Å². The maximum absolute atomic E-state index is 12.6. The quantitative estimate of drug-likeness (QED) is 0.799. The summed E-state index contributed by atoms with van der Waals surface area (Å²) < 4.78 is 7.32. The molecule has 2 aromatic rings. The lowest BCUT2D eigenvalue weighted by atomic mass is 10.1. The van der Waals surface area contributed by atoms with E-state index in [4.69, 9.17) is 4.74 Å². The molecule has 2 unspecified atom stereocenters. The molecule has 1 aromatic carbocycles. The van der Waals surface area contributed by atoms with Crippen molar-refractivity contribution in [3.8, 4) is 11.4 Å². The lowest BCUT2D eigenvalue weighted by Gasteiger charge is -2.37. The fourth-order valence-corrected chi connectivity index (χ4v) is 3.53. The molecule has 26 heavy (non-hydrogen) atoms. The van der Waals surface area contributed by atoms with Crippen LogP contribution in [-0.2, 0) is 9.53 Å². The summed E-state index contributed by atoms with van der Waals surface area (Å²) in [5.41, 5.74) is 0.878. The Morgan fingerprint density at radius 3 is 2.69 bits per heavy atom. The number of aromatic nitrogens is 3. The Labute approximate surface area is 150 Å². The van der Waals surface area contributed by atoms with Crippen LogP contribution in [0.25, 0.3) is 11.4 Å². The number of carbonyl (C=O) groups is 2. The summed E-state index contributed by atoms with van der Waals surface area (Å²) in [5, 5.41) is 11.0. The Bertz CT molecular complexity index is 836. The number of hydrogen-bond acceptors (Lipinski definition) is 6. The molecule has 0 radical (unpaired) electrons. The fraction of sp³-hybridized carbons (Fsp3) is 0.412. The highest BCUT2D eigenvalue weighted by atomic mass is 16.5. The van der Waals surface area contributed by atoms with Gasteiger partial charge in [0.25, 0.3) is 5.91 Å². The van der Waals surface area contributed by atoms with Gasteiger partial charge in [-0.05, 0) is 6.92 Å². The van der Waals surface area contributed by atoms with E-state index in [1.54, 1.807) is 7.05 Å². The summed E-state index contributed by atoms with van der Waals surface area (Å²) in [7, 11) is 1.67. The molecule has 2 atom stereocenters. The van der Waals surface area contributed by atoms with Gasteiger partial charge in [-0.3, -0.25) is 14.7 Å². The Kier molecular flexibility index (Phi) is 4.08. The van der Waals surface area contributed by atoms with E-state index in [1.807, 2.05) is 46.7 Å². The first-order chi connectivity index (χ1) is 12.6. The highest BCUT2D eigenvalue weighted by Gasteiger charge is 2.52. The van der Waals surface area contributed by atoms with Crippen molar-refractivity contribution in [1.29, 1.82) is 0 Å². The number of nitrogens with zero attached hydrogens (tertiary/aromatic N) is 5. The summed E-state index contributed by atoms with van der Waals surface area (Å²) in [5.74, 6) is 0.859. The molecule has 0 aliphatic carbocycles. The number of rotatable bonds is 5. The summed E-state index contributed by atoms with van der Waals surface area (Å²) in [6.07, 6.45) is -0.502. The second kappa shape index (κ2) is 6.41. The van der Waals surface area contributed by atoms with E-state index in [-0.39, 0.29) is 5.91 Å². The third kappa shape index (κ3) is 2.43. The summed E-state index contributed by atoms with van der Waals surface area (Å²) in [6.45, 7) is 3.45. The van der Waals surface area contributed by atoms with Gasteiger partial charge in [0.15, 0.2) is 11.9 Å². The second-order valence-corrected chi connectivity index (χ2v) is 6.21. The molecule has 2 aliphatic rings.